The molecule has 1 aliphatic heterocycles. The van der Waals surface area contributed by atoms with Crippen LogP contribution in [-0.2, 0) is 0 Å². The Balaban J connectivity index is 1.64. The summed E-state index contributed by atoms with van der Waals surface area (Å²) in [7, 11) is 0. The van der Waals surface area contributed by atoms with Gasteiger partial charge >= 0.3 is 0 Å². The van der Waals surface area contributed by atoms with Gasteiger partial charge in [-0.1, -0.05) is 47.0 Å². The Hall–Kier alpha value is -0.370. The highest BCUT2D eigenvalue weighted by Gasteiger charge is 2.49. The van der Waals surface area contributed by atoms with Crippen molar-refractivity contribution in [2.45, 2.75) is 6.42 Å². The Morgan fingerprint density at radius 2 is 1.42 bits per heavy atom. The summed E-state index contributed by atoms with van der Waals surface area (Å²) in [6, 6.07) is 3.66. The van der Waals surface area contributed by atoms with Crippen LogP contribution in [0.2, 0.25) is 15.1 Å². The minimum absolute atomic E-state index is 0.525. The molecule has 2 aliphatic carbocycles. The van der Waals surface area contributed by atoms with Crippen molar-refractivity contribution in [3.8, 4) is 0 Å². The maximum atomic E-state index is 6.33. The van der Waals surface area contributed by atoms with Crippen molar-refractivity contribution >= 4 is 40.5 Å². The van der Waals surface area contributed by atoms with Crippen molar-refractivity contribution < 1.29 is 0 Å². The van der Waals surface area contributed by atoms with Crippen LogP contribution in [0.5, 0.6) is 0 Å². The third-order valence-electron chi connectivity index (χ3n) is 4.99. The zero-order valence-corrected chi connectivity index (χ0v) is 12.6. The van der Waals surface area contributed by atoms with Crippen molar-refractivity contribution in [2.24, 2.45) is 23.7 Å². The molecule has 4 rings (SSSR count). The summed E-state index contributed by atoms with van der Waals surface area (Å²) in [5, 5.41) is 1.81. The van der Waals surface area contributed by atoms with Gasteiger partial charge in [0, 0.05) is 13.1 Å². The first-order valence-electron chi connectivity index (χ1n) is 6.71. The molecule has 0 aromatic heterocycles. The zero-order chi connectivity index (χ0) is 13.1. The van der Waals surface area contributed by atoms with Crippen LogP contribution in [0.1, 0.15) is 6.42 Å². The summed E-state index contributed by atoms with van der Waals surface area (Å²) < 4.78 is 0. The molecule has 4 atom stereocenters. The highest BCUT2D eigenvalue weighted by molar-refractivity contribution is 6.44. The molecular weight excluding hydrogens is 301 g/mol. The van der Waals surface area contributed by atoms with Gasteiger partial charge in [-0.25, -0.2) is 0 Å². The van der Waals surface area contributed by atoms with Crippen molar-refractivity contribution in [3.63, 3.8) is 0 Å². The summed E-state index contributed by atoms with van der Waals surface area (Å²) in [6.07, 6.45) is 6.18. The quantitative estimate of drug-likeness (QED) is 0.526. The number of hydrogen-bond acceptors (Lipinski definition) is 1. The van der Waals surface area contributed by atoms with Crippen LogP contribution >= 0.6 is 34.8 Å². The second-order valence-electron chi connectivity index (χ2n) is 5.90. The lowest BCUT2D eigenvalue weighted by Crippen LogP contribution is -2.22. The molecule has 2 bridgehead atoms. The van der Waals surface area contributed by atoms with E-state index in [4.69, 9.17) is 34.8 Å². The average Bonchev–Trinajstić information content (AvgIpc) is 3.04. The minimum atomic E-state index is 0.525. The van der Waals surface area contributed by atoms with Gasteiger partial charge in [0.1, 0.15) is 0 Å². The maximum Gasteiger partial charge on any atom is 0.0655 e. The van der Waals surface area contributed by atoms with E-state index in [1.54, 1.807) is 6.07 Å². The molecule has 1 aromatic carbocycles. The highest BCUT2D eigenvalue weighted by atomic mass is 35.5. The van der Waals surface area contributed by atoms with E-state index in [0.29, 0.717) is 15.1 Å². The second kappa shape index (κ2) is 4.31. The smallest absolute Gasteiger partial charge is 0.0655 e. The maximum absolute atomic E-state index is 6.33. The van der Waals surface area contributed by atoms with E-state index in [0.717, 1.165) is 42.4 Å². The lowest BCUT2D eigenvalue weighted by atomic mass is 9.86. The molecule has 3 aliphatic rings. The summed E-state index contributed by atoms with van der Waals surface area (Å²) in [5.41, 5.74) is 1.03. The first-order chi connectivity index (χ1) is 9.13. The Morgan fingerprint density at radius 3 is 2.05 bits per heavy atom. The Morgan fingerprint density at radius 1 is 0.842 bits per heavy atom. The number of rotatable bonds is 1. The van der Waals surface area contributed by atoms with Crippen LogP contribution < -0.4 is 4.90 Å². The Kier molecular flexibility index (Phi) is 2.81. The van der Waals surface area contributed by atoms with Gasteiger partial charge < -0.3 is 4.90 Å². The van der Waals surface area contributed by atoms with Crippen LogP contribution in [0.15, 0.2) is 24.3 Å². The van der Waals surface area contributed by atoms with Gasteiger partial charge in [0.2, 0.25) is 0 Å². The van der Waals surface area contributed by atoms with Crippen molar-refractivity contribution in [2.75, 3.05) is 18.0 Å². The van der Waals surface area contributed by atoms with Gasteiger partial charge in [-0.05, 0) is 42.2 Å². The van der Waals surface area contributed by atoms with Gasteiger partial charge in [-0.15, -0.1) is 0 Å². The van der Waals surface area contributed by atoms with Gasteiger partial charge in [0.15, 0.2) is 0 Å². The van der Waals surface area contributed by atoms with E-state index in [2.05, 4.69) is 17.1 Å². The lowest BCUT2D eigenvalue weighted by molar-refractivity contribution is 0.395. The van der Waals surface area contributed by atoms with Crippen LogP contribution in [0.4, 0.5) is 5.69 Å². The molecule has 19 heavy (non-hydrogen) atoms. The molecule has 100 valence electrons. The van der Waals surface area contributed by atoms with E-state index < -0.39 is 0 Å². The molecular formula is C15H14Cl3N. The normalized spacial score (nSPS) is 35.2. The Labute approximate surface area is 128 Å². The first-order valence-corrected chi connectivity index (χ1v) is 7.84. The number of hydrogen-bond donors (Lipinski definition) is 0. The predicted octanol–water partition coefficient (Wildman–Crippen LogP) is 4.91. The molecule has 0 radical (unpaired) electrons. The van der Waals surface area contributed by atoms with Crippen molar-refractivity contribution in [3.05, 3.63) is 39.4 Å². The average molecular weight is 315 g/mol. The third-order valence-corrected chi connectivity index (χ3v) is 6.02. The van der Waals surface area contributed by atoms with Crippen molar-refractivity contribution in [1.29, 1.82) is 0 Å². The zero-order valence-electron chi connectivity index (χ0n) is 10.3. The van der Waals surface area contributed by atoms with E-state index >= 15 is 0 Å². The third kappa shape index (κ3) is 1.82. The highest BCUT2D eigenvalue weighted by Crippen LogP contribution is 2.52. The van der Waals surface area contributed by atoms with Gasteiger partial charge in [0.05, 0.1) is 20.8 Å². The molecule has 4 unspecified atom stereocenters. The van der Waals surface area contributed by atoms with E-state index in [9.17, 15) is 0 Å². The molecule has 1 saturated carbocycles. The topological polar surface area (TPSA) is 3.24 Å². The van der Waals surface area contributed by atoms with Gasteiger partial charge in [0.25, 0.3) is 0 Å². The standard InChI is InChI=1S/C15H14Cl3N/c16-12-4-14(18)15(5-13(12)17)19-6-10-8-1-2-9(3-8)11(10)7-19/h1-2,4-5,8-11H,3,6-7H2. The molecule has 1 aromatic rings. The van der Waals surface area contributed by atoms with Gasteiger partial charge in [-0.3, -0.25) is 0 Å². The summed E-state index contributed by atoms with van der Waals surface area (Å²) in [5.74, 6) is 3.14. The van der Waals surface area contributed by atoms with E-state index in [1.165, 1.54) is 6.42 Å². The van der Waals surface area contributed by atoms with E-state index in [1.807, 2.05) is 6.07 Å². The minimum Gasteiger partial charge on any atom is -0.370 e. The molecule has 1 saturated heterocycles. The summed E-state index contributed by atoms with van der Waals surface area (Å²) >= 11 is 18.5. The number of fused-ring (bicyclic) bond motifs is 5. The predicted molar refractivity (Wildman–Crippen MR) is 81.4 cm³/mol. The largest absolute Gasteiger partial charge is 0.370 e. The number of halogens is 3. The number of nitrogens with zero attached hydrogens (tertiary/aromatic N) is 1. The molecule has 2 fully saturated rings. The van der Waals surface area contributed by atoms with Crippen LogP contribution in [0.3, 0.4) is 0 Å². The van der Waals surface area contributed by atoms with Crippen LogP contribution in [0.25, 0.3) is 0 Å². The fourth-order valence-corrected chi connectivity index (χ4v) is 4.76. The second-order valence-corrected chi connectivity index (χ2v) is 7.12. The molecule has 0 N–H and O–H groups in total. The van der Waals surface area contributed by atoms with Crippen molar-refractivity contribution in [1.82, 2.24) is 0 Å². The monoisotopic (exact) mass is 313 g/mol. The number of anilines is 1. The first kappa shape index (κ1) is 12.4. The molecule has 4 heteroatoms. The fraction of sp³-hybridized carbons (Fsp3) is 0.467. The van der Waals surface area contributed by atoms with Crippen LogP contribution in [0, 0.1) is 23.7 Å². The lowest BCUT2D eigenvalue weighted by Gasteiger charge is -2.22. The number of benzene rings is 1. The van der Waals surface area contributed by atoms with E-state index in [-0.39, 0.29) is 0 Å². The SMILES string of the molecule is Clc1cc(Cl)c(N2CC3C4C=CC(C4)C3C2)cc1Cl. The molecule has 0 spiro atoms. The molecule has 1 nitrogen and oxygen atoms in total. The molecule has 0 amide bonds. The fourth-order valence-electron chi connectivity index (χ4n) is 4.10. The van der Waals surface area contributed by atoms with Gasteiger partial charge in [-0.2, -0.15) is 0 Å². The summed E-state index contributed by atoms with van der Waals surface area (Å²) in [6.45, 7) is 2.18. The van der Waals surface area contributed by atoms with Crippen LogP contribution in [-0.4, -0.2) is 13.1 Å². The Bertz CT molecular complexity index is 549. The summed E-state index contributed by atoms with van der Waals surface area (Å²) in [4.78, 5) is 2.38. The number of allylic oxidation sites excluding steroid dienone is 2. The molecule has 1 heterocycles.